The van der Waals surface area contributed by atoms with Crippen molar-refractivity contribution in [1.29, 1.82) is 5.26 Å². The van der Waals surface area contributed by atoms with Crippen LogP contribution in [0.5, 0.6) is 5.75 Å². The Morgan fingerprint density at radius 1 is 1.56 bits per heavy atom. The van der Waals surface area contributed by atoms with E-state index in [0.717, 1.165) is 11.3 Å². The summed E-state index contributed by atoms with van der Waals surface area (Å²) in [5.74, 6) is 0.579. The first kappa shape index (κ1) is 13.8. The van der Waals surface area contributed by atoms with Gasteiger partial charge in [-0.15, -0.1) is 0 Å². The fourth-order valence-corrected chi connectivity index (χ4v) is 1.45. The second-order valence-electron chi connectivity index (χ2n) is 3.62. The highest BCUT2D eigenvalue weighted by atomic mass is 16.5. The van der Waals surface area contributed by atoms with Crippen LogP contribution in [0.1, 0.15) is 12.5 Å². The van der Waals surface area contributed by atoms with E-state index in [0.29, 0.717) is 6.54 Å². The van der Waals surface area contributed by atoms with Gasteiger partial charge in [-0.25, -0.2) is 0 Å². The fraction of sp³-hybridized carbons (Fsp3) is 0.286. The minimum atomic E-state index is -0.165. The molecule has 4 nitrogen and oxygen atoms in total. The van der Waals surface area contributed by atoms with Gasteiger partial charge >= 0.3 is 0 Å². The van der Waals surface area contributed by atoms with Gasteiger partial charge in [0.05, 0.1) is 13.2 Å². The molecule has 0 aliphatic rings. The SMILES string of the molecule is CCN(CC#N)C(=O)/C=C\c1cccc(OC)c1. The van der Waals surface area contributed by atoms with Crippen molar-refractivity contribution in [3.8, 4) is 11.8 Å². The van der Waals surface area contributed by atoms with Crippen molar-refractivity contribution in [2.24, 2.45) is 0 Å². The average molecular weight is 244 g/mol. The molecule has 0 aliphatic heterocycles. The first-order chi connectivity index (χ1) is 8.71. The molecule has 1 rings (SSSR count). The zero-order chi connectivity index (χ0) is 13.4. The van der Waals surface area contributed by atoms with Gasteiger partial charge in [-0.2, -0.15) is 5.26 Å². The molecular formula is C14H16N2O2. The van der Waals surface area contributed by atoms with Crippen molar-refractivity contribution in [3.05, 3.63) is 35.9 Å². The fourth-order valence-electron chi connectivity index (χ4n) is 1.45. The largest absolute Gasteiger partial charge is 0.497 e. The smallest absolute Gasteiger partial charge is 0.247 e. The van der Waals surface area contributed by atoms with Gasteiger partial charge < -0.3 is 9.64 Å². The number of rotatable bonds is 5. The number of nitrogens with zero attached hydrogens (tertiary/aromatic N) is 2. The normalized spacial score (nSPS) is 10.1. The van der Waals surface area contributed by atoms with Gasteiger partial charge in [0.15, 0.2) is 0 Å². The minimum Gasteiger partial charge on any atom is -0.497 e. The summed E-state index contributed by atoms with van der Waals surface area (Å²) in [6.45, 7) is 2.47. The Morgan fingerprint density at radius 3 is 2.94 bits per heavy atom. The van der Waals surface area contributed by atoms with Crippen LogP contribution in [0.2, 0.25) is 0 Å². The molecule has 0 radical (unpaired) electrons. The van der Waals surface area contributed by atoms with Gasteiger partial charge in [0.2, 0.25) is 5.91 Å². The maximum atomic E-state index is 11.7. The highest BCUT2D eigenvalue weighted by Crippen LogP contribution is 2.13. The third-order valence-corrected chi connectivity index (χ3v) is 2.47. The molecule has 0 unspecified atom stereocenters. The van der Waals surface area contributed by atoms with Crippen LogP contribution < -0.4 is 4.74 Å². The standard InChI is InChI=1S/C14H16N2O2/c1-3-16(10-9-15)14(17)8-7-12-5-4-6-13(11-12)18-2/h4-8,11H,3,10H2,1-2H3/b8-7-. The van der Waals surface area contributed by atoms with Crippen LogP contribution in [-0.2, 0) is 4.79 Å². The topological polar surface area (TPSA) is 53.3 Å². The Labute approximate surface area is 107 Å². The third kappa shape index (κ3) is 3.95. The number of nitriles is 1. The van der Waals surface area contributed by atoms with E-state index in [2.05, 4.69) is 0 Å². The second-order valence-corrected chi connectivity index (χ2v) is 3.62. The molecule has 94 valence electrons. The van der Waals surface area contributed by atoms with Gasteiger partial charge in [0.1, 0.15) is 12.3 Å². The molecule has 18 heavy (non-hydrogen) atoms. The maximum absolute atomic E-state index is 11.7. The van der Waals surface area contributed by atoms with E-state index in [1.165, 1.54) is 11.0 Å². The van der Waals surface area contributed by atoms with Crippen molar-refractivity contribution in [2.75, 3.05) is 20.2 Å². The summed E-state index contributed by atoms with van der Waals surface area (Å²) in [6.07, 6.45) is 3.18. The number of carbonyl (C=O) groups excluding carboxylic acids is 1. The zero-order valence-electron chi connectivity index (χ0n) is 10.6. The first-order valence-electron chi connectivity index (χ1n) is 5.69. The van der Waals surface area contributed by atoms with E-state index in [1.54, 1.807) is 13.2 Å². The first-order valence-corrected chi connectivity index (χ1v) is 5.69. The van der Waals surface area contributed by atoms with Crippen LogP contribution in [-0.4, -0.2) is 31.0 Å². The summed E-state index contributed by atoms with van der Waals surface area (Å²) >= 11 is 0. The molecule has 0 spiro atoms. The number of benzene rings is 1. The number of hydrogen-bond acceptors (Lipinski definition) is 3. The summed E-state index contributed by atoms with van der Waals surface area (Å²) in [6, 6.07) is 9.38. The molecular weight excluding hydrogens is 228 g/mol. The number of likely N-dealkylation sites (N-methyl/N-ethyl adjacent to an activating group) is 1. The molecule has 0 aliphatic carbocycles. The highest BCUT2D eigenvalue weighted by molar-refractivity contribution is 5.91. The van der Waals surface area contributed by atoms with E-state index in [9.17, 15) is 4.79 Å². The van der Waals surface area contributed by atoms with Gasteiger partial charge in [-0.3, -0.25) is 4.79 Å². The number of hydrogen-bond donors (Lipinski definition) is 0. The maximum Gasteiger partial charge on any atom is 0.247 e. The number of carbonyl (C=O) groups is 1. The van der Waals surface area contributed by atoms with E-state index in [4.69, 9.17) is 10.00 Å². The van der Waals surface area contributed by atoms with Crippen LogP contribution in [0.15, 0.2) is 30.3 Å². The molecule has 0 bridgehead atoms. The van der Waals surface area contributed by atoms with Crippen molar-refractivity contribution < 1.29 is 9.53 Å². The van der Waals surface area contributed by atoms with E-state index < -0.39 is 0 Å². The van der Waals surface area contributed by atoms with Crippen LogP contribution in [0.4, 0.5) is 0 Å². The Hall–Kier alpha value is -2.28. The predicted molar refractivity (Wildman–Crippen MR) is 69.9 cm³/mol. The summed E-state index contributed by atoms with van der Waals surface area (Å²) in [4.78, 5) is 13.2. The Kier molecular flexibility index (Phi) is 5.46. The molecule has 0 N–H and O–H groups in total. The summed E-state index contributed by atoms with van der Waals surface area (Å²) in [5.41, 5.74) is 0.885. The van der Waals surface area contributed by atoms with Crippen molar-refractivity contribution in [2.45, 2.75) is 6.92 Å². The van der Waals surface area contributed by atoms with Crippen LogP contribution in [0.3, 0.4) is 0 Å². The molecule has 0 saturated carbocycles. The summed E-state index contributed by atoms with van der Waals surface area (Å²) in [7, 11) is 1.60. The minimum absolute atomic E-state index is 0.109. The Bertz CT molecular complexity index is 475. The Morgan fingerprint density at radius 2 is 2.33 bits per heavy atom. The lowest BCUT2D eigenvalue weighted by atomic mass is 10.2. The van der Waals surface area contributed by atoms with E-state index in [-0.39, 0.29) is 12.5 Å². The molecule has 0 saturated heterocycles. The molecule has 1 amide bonds. The quantitative estimate of drug-likeness (QED) is 0.588. The number of methoxy groups -OCH3 is 1. The molecule has 0 atom stereocenters. The number of ether oxygens (including phenoxy) is 1. The molecule has 4 heteroatoms. The van der Waals surface area contributed by atoms with Gasteiger partial charge in [0.25, 0.3) is 0 Å². The number of amides is 1. The highest BCUT2D eigenvalue weighted by Gasteiger charge is 2.06. The average Bonchev–Trinajstić information content (AvgIpc) is 2.42. The second kappa shape index (κ2) is 7.13. The lowest BCUT2D eigenvalue weighted by Crippen LogP contribution is -2.29. The molecule has 0 fully saturated rings. The van der Waals surface area contributed by atoms with Crippen molar-refractivity contribution in [1.82, 2.24) is 4.90 Å². The Balaban J connectivity index is 2.73. The van der Waals surface area contributed by atoms with Crippen LogP contribution >= 0.6 is 0 Å². The monoisotopic (exact) mass is 244 g/mol. The van der Waals surface area contributed by atoms with Gasteiger partial charge in [-0.05, 0) is 30.7 Å². The summed E-state index contributed by atoms with van der Waals surface area (Å²) in [5, 5.41) is 8.59. The van der Waals surface area contributed by atoms with Gasteiger partial charge in [-0.1, -0.05) is 12.1 Å². The predicted octanol–water partition coefficient (Wildman–Crippen LogP) is 2.08. The van der Waals surface area contributed by atoms with Crippen molar-refractivity contribution in [3.63, 3.8) is 0 Å². The summed E-state index contributed by atoms with van der Waals surface area (Å²) < 4.78 is 5.10. The lowest BCUT2D eigenvalue weighted by molar-refractivity contribution is -0.125. The van der Waals surface area contributed by atoms with E-state index in [1.807, 2.05) is 37.3 Å². The molecule has 0 heterocycles. The molecule has 0 aromatic heterocycles. The van der Waals surface area contributed by atoms with Crippen LogP contribution in [0, 0.1) is 11.3 Å². The third-order valence-electron chi connectivity index (χ3n) is 2.47. The van der Waals surface area contributed by atoms with Crippen LogP contribution in [0.25, 0.3) is 6.08 Å². The molecule has 1 aromatic rings. The van der Waals surface area contributed by atoms with Gasteiger partial charge in [0, 0.05) is 12.6 Å². The molecule has 1 aromatic carbocycles. The zero-order valence-corrected chi connectivity index (χ0v) is 10.6. The van der Waals surface area contributed by atoms with E-state index >= 15 is 0 Å². The van der Waals surface area contributed by atoms with Crippen molar-refractivity contribution >= 4 is 12.0 Å². The lowest BCUT2D eigenvalue weighted by Gasteiger charge is -2.14.